The van der Waals surface area contributed by atoms with E-state index in [-0.39, 0.29) is 0 Å². The van der Waals surface area contributed by atoms with E-state index in [1.54, 1.807) is 0 Å². The maximum absolute atomic E-state index is 3.60. The molecule has 3 atom stereocenters. The van der Waals surface area contributed by atoms with Gasteiger partial charge in [0.2, 0.25) is 0 Å². The van der Waals surface area contributed by atoms with Crippen molar-refractivity contribution in [3.05, 3.63) is 23.9 Å². The molecule has 2 nitrogen and oxygen atoms in total. The molecule has 0 spiro atoms. The molecule has 0 aromatic heterocycles. The van der Waals surface area contributed by atoms with Gasteiger partial charge in [0.15, 0.2) is 0 Å². The first-order chi connectivity index (χ1) is 6.75. The molecule has 14 heavy (non-hydrogen) atoms. The van der Waals surface area contributed by atoms with Gasteiger partial charge in [0.25, 0.3) is 0 Å². The largest absolute Gasteiger partial charge is 0.383 e. The molecule has 2 heterocycles. The lowest BCUT2D eigenvalue weighted by molar-refractivity contribution is 0.291. The SMILES string of the molecule is CC1=CC(C2CC(C)CCN2)NC=C1. The first-order valence-corrected chi connectivity index (χ1v) is 5.60. The average molecular weight is 192 g/mol. The van der Waals surface area contributed by atoms with Crippen molar-refractivity contribution < 1.29 is 0 Å². The van der Waals surface area contributed by atoms with Crippen LogP contribution in [-0.2, 0) is 0 Å². The van der Waals surface area contributed by atoms with E-state index in [2.05, 4.69) is 42.8 Å². The van der Waals surface area contributed by atoms with E-state index in [9.17, 15) is 0 Å². The number of hydrogen-bond acceptors (Lipinski definition) is 2. The normalized spacial score (nSPS) is 37.6. The van der Waals surface area contributed by atoms with Gasteiger partial charge in [-0.25, -0.2) is 0 Å². The molecule has 1 fully saturated rings. The lowest BCUT2D eigenvalue weighted by atomic mass is 9.89. The molecule has 3 unspecified atom stereocenters. The zero-order valence-corrected chi connectivity index (χ0v) is 9.09. The molecule has 1 saturated heterocycles. The van der Waals surface area contributed by atoms with Crippen LogP contribution in [0.5, 0.6) is 0 Å². The standard InChI is InChI=1S/C12H20N2/c1-9-3-5-13-11(7-9)12-8-10(2)4-6-14-12/h3,5,7,10-14H,4,6,8H2,1-2H3. The summed E-state index contributed by atoms with van der Waals surface area (Å²) in [6.45, 7) is 5.68. The summed E-state index contributed by atoms with van der Waals surface area (Å²) in [7, 11) is 0. The molecule has 0 aliphatic carbocycles. The Labute approximate surface area is 86.5 Å². The van der Waals surface area contributed by atoms with Crippen molar-refractivity contribution in [2.24, 2.45) is 5.92 Å². The van der Waals surface area contributed by atoms with E-state index in [4.69, 9.17) is 0 Å². The van der Waals surface area contributed by atoms with E-state index in [1.807, 2.05) is 0 Å². The van der Waals surface area contributed by atoms with Crippen LogP contribution in [0.4, 0.5) is 0 Å². The first kappa shape index (κ1) is 9.78. The van der Waals surface area contributed by atoms with Crippen LogP contribution in [0.3, 0.4) is 0 Å². The predicted molar refractivity (Wildman–Crippen MR) is 60.0 cm³/mol. The van der Waals surface area contributed by atoms with Gasteiger partial charge in [0, 0.05) is 6.04 Å². The van der Waals surface area contributed by atoms with Gasteiger partial charge in [0.05, 0.1) is 6.04 Å². The van der Waals surface area contributed by atoms with Crippen molar-refractivity contribution in [1.29, 1.82) is 0 Å². The van der Waals surface area contributed by atoms with Gasteiger partial charge < -0.3 is 10.6 Å². The van der Waals surface area contributed by atoms with Gasteiger partial charge >= 0.3 is 0 Å². The van der Waals surface area contributed by atoms with E-state index < -0.39 is 0 Å². The summed E-state index contributed by atoms with van der Waals surface area (Å²) in [5, 5.41) is 7.02. The molecule has 2 rings (SSSR count). The third-order valence-electron chi connectivity index (χ3n) is 3.21. The molecule has 2 aliphatic rings. The van der Waals surface area contributed by atoms with E-state index >= 15 is 0 Å². The summed E-state index contributed by atoms with van der Waals surface area (Å²) in [6.07, 6.45) is 9.14. The number of piperidine rings is 1. The maximum Gasteiger partial charge on any atom is 0.0598 e. The first-order valence-electron chi connectivity index (χ1n) is 5.60. The van der Waals surface area contributed by atoms with Crippen LogP contribution in [0, 0.1) is 5.92 Å². The Bertz CT molecular complexity index is 255. The second-order valence-corrected chi connectivity index (χ2v) is 4.63. The third kappa shape index (κ3) is 2.18. The molecular weight excluding hydrogens is 172 g/mol. The fourth-order valence-corrected chi connectivity index (χ4v) is 2.33. The highest BCUT2D eigenvalue weighted by atomic mass is 15.0. The van der Waals surface area contributed by atoms with Crippen LogP contribution in [-0.4, -0.2) is 18.6 Å². The zero-order valence-electron chi connectivity index (χ0n) is 9.09. The molecule has 2 aliphatic heterocycles. The predicted octanol–water partition coefficient (Wildman–Crippen LogP) is 1.81. The minimum atomic E-state index is 0.489. The Kier molecular flexibility index (Phi) is 2.92. The minimum absolute atomic E-state index is 0.489. The highest BCUT2D eigenvalue weighted by Gasteiger charge is 2.24. The topological polar surface area (TPSA) is 24.1 Å². The van der Waals surface area contributed by atoms with Gasteiger partial charge in [-0.15, -0.1) is 0 Å². The van der Waals surface area contributed by atoms with Crippen LogP contribution in [0.1, 0.15) is 26.7 Å². The van der Waals surface area contributed by atoms with Crippen LogP contribution < -0.4 is 10.6 Å². The van der Waals surface area contributed by atoms with Crippen LogP contribution in [0.25, 0.3) is 0 Å². The quantitative estimate of drug-likeness (QED) is 0.662. The van der Waals surface area contributed by atoms with Crippen LogP contribution in [0.15, 0.2) is 23.9 Å². The van der Waals surface area contributed by atoms with Gasteiger partial charge in [0.1, 0.15) is 0 Å². The Morgan fingerprint density at radius 3 is 3.00 bits per heavy atom. The number of nitrogens with one attached hydrogen (secondary N) is 2. The fourth-order valence-electron chi connectivity index (χ4n) is 2.33. The Hall–Kier alpha value is -0.760. The average Bonchev–Trinajstić information content (AvgIpc) is 2.18. The summed E-state index contributed by atoms with van der Waals surface area (Å²) in [6, 6.07) is 1.10. The van der Waals surface area contributed by atoms with Gasteiger partial charge in [-0.05, 0) is 44.5 Å². The second kappa shape index (κ2) is 4.18. The van der Waals surface area contributed by atoms with Crippen LogP contribution in [0.2, 0.25) is 0 Å². The monoisotopic (exact) mass is 192 g/mol. The molecule has 0 saturated carbocycles. The highest BCUT2D eigenvalue weighted by Crippen LogP contribution is 2.19. The molecule has 2 N–H and O–H groups in total. The van der Waals surface area contributed by atoms with Crippen molar-refractivity contribution in [1.82, 2.24) is 10.6 Å². The number of rotatable bonds is 1. The van der Waals surface area contributed by atoms with Gasteiger partial charge in [-0.3, -0.25) is 0 Å². The Morgan fingerprint density at radius 2 is 2.29 bits per heavy atom. The molecular formula is C12H20N2. The van der Waals surface area contributed by atoms with Gasteiger partial charge in [-0.1, -0.05) is 18.6 Å². The molecule has 78 valence electrons. The summed E-state index contributed by atoms with van der Waals surface area (Å²) in [4.78, 5) is 0. The summed E-state index contributed by atoms with van der Waals surface area (Å²) >= 11 is 0. The van der Waals surface area contributed by atoms with Crippen molar-refractivity contribution in [2.45, 2.75) is 38.8 Å². The third-order valence-corrected chi connectivity index (χ3v) is 3.21. The summed E-state index contributed by atoms with van der Waals surface area (Å²) < 4.78 is 0. The van der Waals surface area contributed by atoms with Gasteiger partial charge in [-0.2, -0.15) is 0 Å². The fraction of sp³-hybridized carbons (Fsp3) is 0.667. The lowest BCUT2D eigenvalue weighted by Crippen LogP contribution is -2.50. The van der Waals surface area contributed by atoms with Crippen molar-refractivity contribution in [3.8, 4) is 0 Å². The van der Waals surface area contributed by atoms with E-state index in [1.165, 1.54) is 25.0 Å². The second-order valence-electron chi connectivity index (χ2n) is 4.63. The van der Waals surface area contributed by atoms with E-state index in [0.717, 1.165) is 5.92 Å². The molecule has 0 amide bonds. The summed E-state index contributed by atoms with van der Waals surface area (Å²) in [5.41, 5.74) is 1.37. The van der Waals surface area contributed by atoms with Crippen molar-refractivity contribution in [2.75, 3.05) is 6.54 Å². The number of allylic oxidation sites excluding steroid dienone is 2. The smallest absolute Gasteiger partial charge is 0.0598 e. The van der Waals surface area contributed by atoms with Crippen molar-refractivity contribution >= 4 is 0 Å². The Morgan fingerprint density at radius 1 is 1.43 bits per heavy atom. The molecule has 0 bridgehead atoms. The molecule has 0 radical (unpaired) electrons. The molecule has 2 heteroatoms. The maximum atomic E-state index is 3.60. The highest BCUT2D eigenvalue weighted by molar-refractivity contribution is 5.24. The summed E-state index contributed by atoms with van der Waals surface area (Å²) in [5.74, 6) is 0.864. The lowest BCUT2D eigenvalue weighted by Gasteiger charge is -2.34. The zero-order chi connectivity index (χ0) is 9.97. The van der Waals surface area contributed by atoms with Crippen LogP contribution >= 0.6 is 0 Å². The number of dihydropyridines is 1. The number of hydrogen-bond donors (Lipinski definition) is 2. The Balaban J connectivity index is 1.97. The minimum Gasteiger partial charge on any atom is -0.383 e. The molecule has 0 aromatic rings. The van der Waals surface area contributed by atoms with Crippen molar-refractivity contribution in [3.63, 3.8) is 0 Å². The molecule has 0 aromatic carbocycles. The van der Waals surface area contributed by atoms with E-state index in [0.29, 0.717) is 12.1 Å².